The quantitative estimate of drug-likeness (QED) is 0.699. The summed E-state index contributed by atoms with van der Waals surface area (Å²) in [7, 11) is 0. The van der Waals surface area contributed by atoms with Crippen molar-refractivity contribution in [2.75, 3.05) is 5.32 Å². The van der Waals surface area contributed by atoms with Crippen LogP contribution in [0.1, 0.15) is 24.5 Å². The van der Waals surface area contributed by atoms with Crippen molar-refractivity contribution < 1.29 is 9.21 Å². The van der Waals surface area contributed by atoms with Crippen LogP contribution in [0.5, 0.6) is 0 Å². The number of fused-ring (bicyclic) bond motifs is 1. The van der Waals surface area contributed by atoms with E-state index in [0.29, 0.717) is 22.9 Å². The van der Waals surface area contributed by atoms with Crippen LogP contribution in [0.4, 0.5) is 5.69 Å². The smallest absolute Gasteiger partial charge is 0.259 e. The molecule has 0 saturated heterocycles. The second-order valence-electron chi connectivity index (χ2n) is 5.58. The van der Waals surface area contributed by atoms with E-state index in [9.17, 15) is 4.79 Å². The van der Waals surface area contributed by atoms with Crippen molar-refractivity contribution in [3.63, 3.8) is 0 Å². The van der Waals surface area contributed by atoms with Gasteiger partial charge < -0.3 is 9.73 Å². The fraction of sp³-hybridized carbons (Fsp3) is 0.278. The van der Waals surface area contributed by atoms with Crippen LogP contribution >= 0.6 is 11.8 Å². The highest BCUT2D eigenvalue weighted by molar-refractivity contribution is 8.00. The second kappa shape index (κ2) is 7.05. The van der Waals surface area contributed by atoms with E-state index in [2.05, 4.69) is 15.3 Å². The summed E-state index contributed by atoms with van der Waals surface area (Å²) < 4.78 is 5.66. The topological polar surface area (TPSA) is 68.0 Å². The van der Waals surface area contributed by atoms with Gasteiger partial charge in [-0.25, -0.2) is 4.98 Å². The molecule has 0 saturated carbocycles. The number of carbonyl (C=O) groups excluding carboxylic acids is 1. The number of oxazole rings is 1. The molecule has 0 spiro atoms. The lowest BCUT2D eigenvalue weighted by molar-refractivity contribution is -0.115. The average Bonchev–Trinajstić information content (AvgIpc) is 2.98. The fourth-order valence-electron chi connectivity index (χ4n) is 2.46. The van der Waals surface area contributed by atoms with E-state index < -0.39 is 0 Å². The molecule has 0 aliphatic heterocycles. The summed E-state index contributed by atoms with van der Waals surface area (Å²) in [5, 5.41) is 3.22. The molecule has 0 fully saturated rings. The number of pyridine rings is 1. The highest BCUT2D eigenvalue weighted by atomic mass is 32.2. The third kappa shape index (κ3) is 3.43. The van der Waals surface area contributed by atoms with Crippen LogP contribution in [0.3, 0.4) is 0 Å². The van der Waals surface area contributed by atoms with Gasteiger partial charge >= 0.3 is 0 Å². The summed E-state index contributed by atoms with van der Waals surface area (Å²) in [6, 6.07) is 9.58. The maximum absolute atomic E-state index is 12.7. The predicted octanol–water partition coefficient (Wildman–Crippen LogP) is 4.35. The Morgan fingerprint density at radius 3 is 2.67 bits per heavy atom. The fourth-order valence-corrected chi connectivity index (χ4v) is 3.31. The van der Waals surface area contributed by atoms with Gasteiger partial charge in [0, 0.05) is 11.9 Å². The van der Waals surface area contributed by atoms with E-state index in [1.54, 1.807) is 12.3 Å². The summed E-state index contributed by atoms with van der Waals surface area (Å²) >= 11 is 1.32. The molecule has 3 aromatic rings. The minimum absolute atomic E-state index is 0.0462. The van der Waals surface area contributed by atoms with Crippen molar-refractivity contribution in [1.82, 2.24) is 9.97 Å². The molecule has 0 radical (unpaired) electrons. The molecule has 0 bridgehead atoms. The number of benzene rings is 1. The zero-order chi connectivity index (χ0) is 17.1. The number of carbonyl (C=O) groups is 1. The highest BCUT2D eigenvalue weighted by Gasteiger charge is 2.22. The Kier molecular flexibility index (Phi) is 4.85. The zero-order valence-electron chi connectivity index (χ0n) is 13.9. The summed E-state index contributed by atoms with van der Waals surface area (Å²) in [6.07, 6.45) is 2.35. The van der Waals surface area contributed by atoms with Crippen LogP contribution < -0.4 is 5.32 Å². The third-order valence-corrected chi connectivity index (χ3v) is 4.99. The van der Waals surface area contributed by atoms with E-state index in [1.165, 1.54) is 11.8 Å². The minimum Gasteiger partial charge on any atom is -0.430 e. The Morgan fingerprint density at radius 2 is 2.00 bits per heavy atom. The Balaban J connectivity index is 1.77. The molecule has 1 atom stereocenters. The number of para-hydroxylation sites is 1. The number of hydrogen-bond acceptors (Lipinski definition) is 5. The lowest BCUT2D eigenvalue weighted by Crippen LogP contribution is -2.25. The number of anilines is 1. The molecule has 2 heterocycles. The van der Waals surface area contributed by atoms with Gasteiger partial charge in [-0.15, -0.1) is 0 Å². The second-order valence-corrected chi connectivity index (χ2v) is 6.73. The van der Waals surface area contributed by atoms with Gasteiger partial charge in [0.15, 0.2) is 11.2 Å². The SMILES string of the molecule is CCC(Sc1nc2ncccc2o1)C(=O)Nc1c(C)cccc1C. The van der Waals surface area contributed by atoms with Crippen molar-refractivity contribution >= 4 is 34.6 Å². The van der Waals surface area contributed by atoms with Crippen molar-refractivity contribution in [2.24, 2.45) is 0 Å². The Hall–Kier alpha value is -2.34. The van der Waals surface area contributed by atoms with Crippen molar-refractivity contribution in [3.05, 3.63) is 47.7 Å². The summed E-state index contributed by atoms with van der Waals surface area (Å²) in [5.41, 5.74) is 4.17. The average molecular weight is 341 g/mol. The zero-order valence-corrected chi connectivity index (χ0v) is 14.7. The maximum Gasteiger partial charge on any atom is 0.259 e. The summed E-state index contributed by atoms with van der Waals surface area (Å²) in [6.45, 7) is 5.95. The Labute approximate surface area is 144 Å². The lowest BCUT2D eigenvalue weighted by Gasteiger charge is -2.16. The largest absolute Gasteiger partial charge is 0.430 e. The molecule has 3 rings (SSSR count). The van der Waals surface area contributed by atoms with Gasteiger partial charge in [0.25, 0.3) is 5.22 Å². The lowest BCUT2D eigenvalue weighted by atomic mass is 10.1. The third-order valence-electron chi connectivity index (χ3n) is 3.78. The molecular formula is C18H19N3O2S. The van der Waals surface area contributed by atoms with Gasteiger partial charge in [-0.2, -0.15) is 4.98 Å². The van der Waals surface area contributed by atoms with Gasteiger partial charge in [-0.1, -0.05) is 36.9 Å². The molecule has 6 heteroatoms. The number of aromatic nitrogens is 2. The van der Waals surface area contributed by atoms with E-state index >= 15 is 0 Å². The molecule has 24 heavy (non-hydrogen) atoms. The van der Waals surface area contributed by atoms with Gasteiger partial charge in [0.05, 0.1) is 5.25 Å². The van der Waals surface area contributed by atoms with Crippen LogP contribution in [0.25, 0.3) is 11.2 Å². The number of amides is 1. The molecule has 0 aliphatic rings. The van der Waals surface area contributed by atoms with Crippen LogP contribution in [0, 0.1) is 13.8 Å². The molecule has 2 aromatic heterocycles. The predicted molar refractivity (Wildman–Crippen MR) is 96.3 cm³/mol. The van der Waals surface area contributed by atoms with Gasteiger partial charge in [0.2, 0.25) is 5.91 Å². The van der Waals surface area contributed by atoms with Gasteiger partial charge in [0.1, 0.15) is 0 Å². The number of aryl methyl sites for hydroxylation is 2. The van der Waals surface area contributed by atoms with Crippen LogP contribution in [-0.2, 0) is 4.79 Å². The maximum atomic E-state index is 12.7. The van der Waals surface area contributed by atoms with E-state index in [1.807, 2.05) is 45.0 Å². The monoisotopic (exact) mass is 341 g/mol. The van der Waals surface area contributed by atoms with Crippen molar-refractivity contribution in [3.8, 4) is 0 Å². The molecular weight excluding hydrogens is 322 g/mol. The molecule has 124 valence electrons. The van der Waals surface area contributed by atoms with Crippen LogP contribution in [-0.4, -0.2) is 21.1 Å². The van der Waals surface area contributed by atoms with Crippen LogP contribution in [0.15, 0.2) is 46.2 Å². The molecule has 0 aliphatic carbocycles. The van der Waals surface area contributed by atoms with Crippen molar-refractivity contribution in [1.29, 1.82) is 0 Å². The standard InChI is InChI=1S/C18H19N3O2S/c1-4-14(17(22)20-15-11(2)7-5-8-12(15)3)24-18-21-16-13(23-18)9-6-10-19-16/h5-10,14H,4H2,1-3H3,(H,20,22). The molecule has 1 amide bonds. The first-order valence-electron chi connectivity index (χ1n) is 7.83. The molecule has 1 unspecified atom stereocenters. The number of nitrogens with one attached hydrogen (secondary N) is 1. The van der Waals surface area contributed by atoms with E-state index in [-0.39, 0.29) is 11.2 Å². The summed E-state index contributed by atoms with van der Waals surface area (Å²) in [5.74, 6) is -0.0462. The number of rotatable bonds is 5. The van der Waals surface area contributed by atoms with Gasteiger partial charge in [-0.05, 0) is 43.5 Å². The highest BCUT2D eigenvalue weighted by Crippen LogP contribution is 2.29. The van der Waals surface area contributed by atoms with Crippen molar-refractivity contribution in [2.45, 2.75) is 37.7 Å². The number of thioether (sulfide) groups is 1. The summed E-state index contributed by atoms with van der Waals surface area (Å²) in [4.78, 5) is 21.1. The molecule has 1 N–H and O–H groups in total. The Morgan fingerprint density at radius 1 is 1.25 bits per heavy atom. The minimum atomic E-state index is -0.280. The first-order chi connectivity index (χ1) is 11.6. The van der Waals surface area contributed by atoms with Gasteiger partial charge in [-0.3, -0.25) is 4.79 Å². The molecule has 5 nitrogen and oxygen atoms in total. The Bertz CT molecular complexity index is 822. The molecule has 1 aromatic carbocycles. The first-order valence-corrected chi connectivity index (χ1v) is 8.71. The normalized spacial score (nSPS) is 12.3. The first kappa shape index (κ1) is 16.5. The number of nitrogens with zero attached hydrogens (tertiary/aromatic N) is 2. The van der Waals surface area contributed by atoms with E-state index in [0.717, 1.165) is 16.8 Å². The number of hydrogen-bond donors (Lipinski definition) is 1. The van der Waals surface area contributed by atoms with E-state index in [4.69, 9.17) is 4.42 Å². The van der Waals surface area contributed by atoms with Crippen LogP contribution in [0.2, 0.25) is 0 Å².